The number of amides is 2. The fraction of sp³-hybridized carbons (Fsp3) is 0.333. The van der Waals surface area contributed by atoms with Crippen molar-refractivity contribution in [1.29, 1.82) is 0 Å². The second-order valence-electron chi connectivity index (χ2n) is 3.66. The van der Waals surface area contributed by atoms with Crippen LogP contribution in [0.4, 0.5) is 10.5 Å². The van der Waals surface area contributed by atoms with Gasteiger partial charge in [-0.1, -0.05) is 12.1 Å². The molecule has 5 nitrogen and oxygen atoms in total. The van der Waals surface area contributed by atoms with E-state index in [1.807, 2.05) is 0 Å². The van der Waals surface area contributed by atoms with Crippen molar-refractivity contribution in [2.45, 2.75) is 13.3 Å². The first-order valence-electron chi connectivity index (χ1n) is 5.49. The molecule has 0 fully saturated rings. The van der Waals surface area contributed by atoms with Crippen LogP contribution in [0, 0.1) is 0 Å². The van der Waals surface area contributed by atoms with E-state index >= 15 is 0 Å². The molecule has 0 atom stereocenters. The van der Waals surface area contributed by atoms with Gasteiger partial charge < -0.3 is 16.4 Å². The lowest BCUT2D eigenvalue weighted by Gasteiger charge is -2.07. The normalized spacial score (nSPS) is 9.76. The summed E-state index contributed by atoms with van der Waals surface area (Å²) in [7, 11) is 0. The number of carbonyl (C=O) groups excluding carboxylic acids is 2. The highest BCUT2D eigenvalue weighted by atomic mass is 16.2. The summed E-state index contributed by atoms with van der Waals surface area (Å²) in [5, 5.41) is 5.32. The topological polar surface area (TPSA) is 84.2 Å². The first-order valence-corrected chi connectivity index (χ1v) is 5.49. The summed E-state index contributed by atoms with van der Waals surface area (Å²) < 4.78 is 0. The van der Waals surface area contributed by atoms with Crippen molar-refractivity contribution in [3.63, 3.8) is 0 Å². The number of nitrogens with two attached hydrogens (primary N) is 1. The van der Waals surface area contributed by atoms with Gasteiger partial charge in [-0.25, -0.2) is 4.79 Å². The molecule has 0 saturated carbocycles. The van der Waals surface area contributed by atoms with Gasteiger partial charge in [0.1, 0.15) is 0 Å². The van der Waals surface area contributed by atoms with Crippen molar-refractivity contribution < 1.29 is 9.59 Å². The summed E-state index contributed by atoms with van der Waals surface area (Å²) in [6, 6.07) is 6.52. The molecule has 0 aliphatic rings. The molecular weight excluding hydrogens is 218 g/mol. The van der Waals surface area contributed by atoms with Crippen LogP contribution < -0.4 is 16.4 Å². The number of nitrogens with one attached hydrogen (secondary N) is 2. The third-order valence-electron chi connectivity index (χ3n) is 2.19. The summed E-state index contributed by atoms with van der Waals surface area (Å²) in [5.74, 6) is -0.0304. The Kier molecular flexibility index (Phi) is 5.16. The monoisotopic (exact) mass is 235 g/mol. The van der Waals surface area contributed by atoms with E-state index in [2.05, 4.69) is 10.6 Å². The summed E-state index contributed by atoms with van der Waals surface area (Å²) in [5.41, 5.74) is 6.49. The SMILES string of the molecule is CC(=O)c1cccc(NC(=O)NCCCN)c1. The average Bonchev–Trinajstić information content (AvgIpc) is 2.29. The highest BCUT2D eigenvalue weighted by Crippen LogP contribution is 2.10. The fourth-order valence-corrected chi connectivity index (χ4v) is 1.30. The highest BCUT2D eigenvalue weighted by molar-refractivity contribution is 5.96. The number of anilines is 1. The Morgan fingerprint density at radius 3 is 2.76 bits per heavy atom. The van der Waals surface area contributed by atoms with E-state index in [-0.39, 0.29) is 11.8 Å². The third-order valence-corrected chi connectivity index (χ3v) is 2.19. The van der Waals surface area contributed by atoms with E-state index < -0.39 is 0 Å². The summed E-state index contributed by atoms with van der Waals surface area (Å²) in [6.45, 7) is 2.56. The van der Waals surface area contributed by atoms with Crippen molar-refractivity contribution in [2.75, 3.05) is 18.4 Å². The number of Topliss-reactive ketones (excluding diaryl/α,β-unsaturated/α-hetero) is 1. The molecule has 1 rings (SSSR count). The smallest absolute Gasteiger partial charge is 0.319 e. The van der Waals surface area contributed by atoms with E-state index in [1.54, 1.807) is 24.3 Å². The van der Waals surface area contributed by atoms with Crippen molar-refractivity contribution in [2.24, 2.45) is 5.73 Å². The molecule has 0 aromatic heterocycles. The Labute approximate surface area is 100 Å². The van der Waals surface area contributed by atoms with Crippen LogP contribution in [0.5, 0.6) is 0 Å². The number of hydrogen-bond donors (Lipinski definition) is 3. The number of rotatable bonds is 5. The zero-order valence-electron chi connectivity index (χ0n) is 9.82. The van der Waals surface area contributed by atoms with Crippen molar-refractivity contribution in [3.05, 3.63) is 29.8 Å². The van der Waals surface area contributed by atoms with Crippen molar-refractivity contribution in [1.82, 2.24) is 5.32 Å². The molecule has 1 aromatic rings. The number of carbonyl (C=O) groups is 2. The Balaban J connectivity index is 2.53. The Hall–Kier alpha value is -1.88. The Morgan fingerprint density at radius 2 is 2.12 bits per heavy atom. The maximum Gasteiger partial charge on any atom is 0.319 e. The lowest BCUT2D eigenvalue weighted by Crippen LogP contribution is -2.30. The van der Waals surface area contributed by atoms with Crippen LogP contribution in [-0.4, -0.2) is 24.9 Å². The van der Waals surface area contributed by atoms with Gasteiger partial charge in [0, 0.05) is 17.8 Å². The van der Waals surface area contributed by atoms with E-state index in [1.165, 1.54) is 6.92 Å². The fourth-order valence-electron chi connectivity index (χ4n) is 1.30. The highest BCUT2D eigenvalue weighted by Gasteiger charge is 2.03. The summed E-state index contributed by atoms with van der Waals surface area (Å²) >= 11 is 0. The van der Waals surface area contributed by atoms with Crippen LogP contribution in [0.2, 0.25) is 0 Å². The maximum atomic E-state index is 11.4. The molecule has 0 bridgehead atoms. The molecule has 4 N–H and O–H groups in total. The molecule has 2 amide bonds. The van der Waals surface area contributed by atoms with Gasteiger partial charge in [0.05, 0.1) is 0 Å². The molecule has 0 heterocycles. The quantitative estimate of drug-likeness (QED) is 0.532. The van der Waals surface area contributed by atoms with Gasteiger partial charge in [0.2, 0.25) is 0 Å². The van der Waals surface area contributed by atoms with Crippen LogP contribution in [0.3, 0.4) is 0 Å². The van der Waals surface area contributed by atoms with Gasteiger partial charge >= 0.3 is 6.03 Å². The molecule has 0 saturated heterocycles. The van der Waals surface area contributed by atoms with Crippen molar-refractivity contribution >= 4 is 17.5 Å². The zero-order valence-corrected chi connectivity index (χ0v) is 9.82. The van der Waals surface area contributed by atoms with Crippen LogP contribution in [-0.2, 0) is 0 Å². The number of benzene rings is 1. The molecule has 1 aromatic carbocycles. The second kappa shape index (κ2) is 6.65. The number of urea groups is 1. The van der Waals surface area contributed by atoms with Gasteiger partial charge in [-0.3, -0.25) is 4.79 Å². The second-order valence-corrected chi connectivity index (χ2v) is 3.66. The Bertz CT molecular complexity index is 404. The molecule has 0 spiro atoms. The van der Waals surface area contributed by atoms with E-state index in [0.717, 1.165) is 6.42 Å². The minimum atomic E-state index is -0.292. The first kappa shape index (κ1) is 13.2. The molecule has 5 heteroatoms. The number of hydrogen-bond acceptors (Lipinski definition) is 3. The first-order chi connectivity index (χ1) is 8.13. The van der Waals surface area contributed by atoms with Gasteiger partial charge in [-0.2, -0.15) is 0 Å². The molecule has 92 valence electrons. The van der Waals surface area contributed by atoms with Crippen LogP contribution in [0.1, 0.15) is 23.7 Å². The van der Waals surface area contributed by atoms with E-state index in [0.29, 0.717) is 24.3 Å². The minimum absolute atomic E-state index is 0.0304. The van der Waals surface area contributed by atoms with Gasteiger partial charge in [-0.15, -0.1) is 0 Å². The predicted octanol–water partition coefficient (Wildman–Crippen LogP) is 1.36. The summed E-state index contributed by atoms with van der Waals surface area (Å²) in [4.78, 5) is 22.6. The average molecular weight is 235 g/mol. The van der Waals surface area contributed by atoms with Crippen LogP contribution in [0.15, 0.2) is 24.3 Å². The number of ketones is 1. The van der Waals surface area contributed by atoms with Crippen molar-refractivity contribution in [3.8, 4) is 0 Å². The molecule has 0 aliphatic heterocycles. The zero-order chi connectivity index (χ0) is 12.7. The molecule has 0 radical (unpaired) electrons. The molecular formula is C12H17N3O2. The van der Waals surface area contributed by atoms with Crippen LogP contribution in [0.25, 0.3) is 0 Å². The molecule has 0 unspecified atom stereocenters. The Morgan fingerprint density at radius 1 is 1.35 bits per heavy atom. The molecule has 0 aliphatic carbocycles. The largest absolute Gasteiger partial charge is 0.338 e. The van der Waals surface area contributed by atoms with Crippen LogP contribution >= 0.6 is 0 Å². The van der Waals surface area contributed by atoms with Gasteiger partial charge in [0.25, 0.3) is 0 Å². The maximum absolute atomic E-state index is 11.4. The molecule has 17 heavy (non-hydrogen) atoms. The lowest BCUT2D eigenvalue weighted by atomic mass is 10.1. The van der Waals surface area contributed by atoms with E-state index in [9.17, 15) is 9.59 Å². The minimum Gasteiger partial charge on any atom is -0.338 e. The standard InChI is InChI=1S/C12H17N3O2/c1-9(16)10-4-2-5-11(8-10)15-12(17)14-7-3-6-13/h2,4-5,8H,3,6-7,13H2,1H3,(H2,14,15,17). The summed E-state index contributed by atoms with van der Waals surface area (Å²) in [6.07, 6.45) is 0.737. The lowest BCUT2D eigenvalue weighted by molar-refractivity contribution is 0.101. The third kappa shape index (κ3) is 4.65. The van der Waals surface area contributed by atoms with Gasteiger partial charge in [-0.05, 0) is 32.0 Å². The van der Waals surface area contributed by atoms with Gasteiger partial charge in [0.15, 0.2) is 5.78 Å². The van der Waals surface area contributed by atoms with E-state index in [4.69, 9.17) is 5.73 Å². The predicted molar refractivity (Wildman–Crippen MR) is 67.1 cm³/mol.